The number of carbonyl (C=O) groups is 4. The van der Waals surface area contributed by atoms with Crippen LogP contribution in [0.2, 0.25) is 0 Å². The summed E-state index contributed by atoms with van der Waals surface area (Å²) in [6.07, 6.45) is 11.1. The van der Waals surface area contributed by atoms with E-state index in [1.807, 2.05) is 0 Å². The number of piperidine rings is 2. The minimum atomic E-state index is -0.207. The highest BCUT2D eigenvalue weighted by Crippen LogP contribution is 2.53. The second kappa shape index (κ2) is 18.9. The highest BCUT2D eigenvalue weighted by atomic mass is 16.2. The van der Waals surface area contributed by atoms with E-state index in [4.69, 9.17) is 0 Å². The highest BCUT2D eigenvalue weighted by molar-refractivity contribution is 6.49. The number of likely N-dealkylation sites (N-methyl/N-ethyl adjacent to an activating group) is 2. The standard InChI is InChI=1S/C59H71N7O4/c1-38(67)43-34-41-32-40(14-21-65-28-24-61(3)25-29-65)45-37-48-53-47(58(69)66(59(48)70)31-30-63-17-9-5-10-18-63)35-42-33-39(13-20-64-26-22-60(2)23-27-64)44-36-46(49(68)12-6-11-19-62-15-7-4-8-16-62)52(43)56-50(41)55(45)57(53)51(42)54(44)56/h32-37H,4-31H2,1-3H3. The van der Waals surface area contributed by atoms with Gasteiger partial charge in [0.1, 0.15) is 0 Å². The van der Waals surface area contributed by atoms with Crippen molar-refractivity contribution in [1.82, 2.24) is 34.3 Å². The topological polar surface area (TPSA) is 91.0 Å². The number of hydrogen-bond donors (Lipinski definition) is 0. The fourth-order valence-electron chi connectivity index (χ4n) is 13.5. The molecule has 12 rings (SSSR count). The van der Waals surface area contributed by atoms with Gasteiger partial charge in [-0.1, -0.05) is 25.0 Å². The lowest BCUT2D eigenvalue weighted by atomic mass is 9.75. The van der Waals surface area contributed by atoms with Crippen LogP contribution in [-0.2, 0) is 12.8 Å². The van der Waals surface area contributed by atoms with Crippen molar-refractivity contribution in [3.63, 3.8) is 0 Å². The van der Waals surface area contributed by atoms with E-state index in [-0.39, 0.29) is 23.4 Å². The Bertz CT molecular complexity index is 3130. The number of unbranched alkanes of at least 4 members (excludes halogenated alkanes) is 1. The Morgan fingerprint density at radius 2 is 0.943 bits per heavy atom. The minimum Gasteiger partial charge on any atom is -0.304 e. The number of piperazine rings is 2. The van der Waals surface area contributed by atoms with Gasteiger partial charge in [0.05, 0.1) is 0 Å². The molecule has 5 heterocycles. The Hall–Kier alpha value is -4.88. The number of nitrogens with zero attached hydrogens (tertiary/aromatic N) is 7. The maximum absolute atomic E-state index is 15.1. The maximum Gasteiger partial charge on any atom is 0.261 e. The second-order valence-electron chi connectivity index (χ2n) is 22.1. The lowest BCUT2D eigenvalue weighted by Gasteiger charge is -2.34. The van der Waals surface area contributed by atoms with Crippen molar-refractivity contribution in [3.8, 4) is 0 Å². The number of imide groups is 1. The SMILES string of the molecule is CC(=O)c1cc2cc(CCN3CCN(C)CC3)c3cc4c5c(cc6cc(CCN7CCN(C)CC7)c7cc(C(=O)CCCCN8CCCCC8)c1c1c2c3c5c6c71)C(=O)N(CCN1CCCCC1)C4=O. The van der Waals surface area contributed by atoms with Gasteiger partial charge in [-0.2, -0.15) is 0 Å². The van der Waals surface area contributed by atoms with E-state index in [2.05, 4.69) is 79.9 Å². The van der Waals surface area contributed by atoms with Gasteiger partial charge >= 0.3 is 0 Å². The molecular formula is C59H71N7O4. The van der Waals surface area contributed by atoms with Crippen LogP contribution in [0, 0.1) is 0 Å². The van der Waals surface area contributed by atoms with Crippen LogP contribution in [0.15, 0.2) is 36.4 Å². The first-order valence-electron chi connectivity index (χ1n) is 27.1. The first kappa shape index (κ1) is 46.2. The summed E-state index contributed by atoms with van der Waals surface area (Å²) >= 11 is 0. The zero-order valence-electron chi connectivity index (χ0n) is 42.0. The summed E-state index contributed by atoms with van der Waals surface area (Å²) in [5.41, 5.74) is 4.79. The zero-order chi connectivity index (χ0) is 47.8. The minimum absolute atomic E-state index is 0.0428. The number of Topliss-reactive ketones (excluding diaryl/α,β-unsaturated/α-hetero) is 2. The molecule has 0 spiro atoms. The molecule has 0 radical (unpaired) electrons. The van der Waals surface area contributed by atoms with Gasteiger partial charge in [-0.3, -0.25) is 24.1 Å². The molecule has 0 saturated carbocycles. The van der Waals surface area contributed by atoms with E-state index in [1.54, 1.807) is 11.8 Å². The molecule has 2 amide bonds. The summed E-state index contributed by atoms with van der Waals surface area (Å²) in [4.78, 5) is 75.9. The fraction of sp³-hybridized carbons (Fsp3) is 0.525. The monoisotopic (exact) mass is 942 g/mol. The Balaban J connectivity index is 1.08. The molecule has 0 bridgehead atoms. The molecule has 0 aliphatic carbocycles. The fourth-order valence-corrected chi connectivity index (χ4v) is 13.5. The Labute approximate surface area is 412 Å². The van der Waals surface area contributed by atoms with E-state index in [1.165, 1.54) is 25.7 Å². The molecule has 0 N–H and O–H groups in total. The highest BCUT2D eigenvalue weighted by Gasteiger charge is 2.38. The largest absolute Gasteiger partial charge is 0.304 e. The summed E-state index contributed by atoms with van der Waals surface area (Å²) < 4.78 is 0. The van der Waals surface area contributed by atoms with Crippen LogP contribution >= 0.6 is 0 Å². The van der Waals surface area contributed by atoms with Gasteiger partial charge in [0, 0.05) is 129 Å². The Morgan fingerprint density at radius 3 is 1.51 bits per heavy atom. The molecule has 5 aliphatic heterocycles. The Kier molecular flexibility index (Phi) is 12.5. The Morgan fingerprint density at radius 1 is 0.443 bits per heavy atom. The van der Waals surface area contributed by atoms with Crippen LogP contribution < -0.4 is 0 Å². The van der Waals surface area contributed by atoms with E-state index < -0.39 is 0 Å². The van der Waals surface area contributed by atoms with Crippen molar-refractivity contribution >= 4 is 88.0 Å². The van der Waals surface area contributed by atoms with E-state index in [0.717, 1.165) is 212 Å². The molecular weight excluding hydrogens is 871 g/mol. The van der Waals surface area contributed by atoms with Gasteiger partial charge in [-0.05, 0) is 184 Å². The molecule has 0 unspecified atom stereocenters. The van der Waals surface area contributed by atoms with Crippen LogP contribution in [0.1, 0.15) is 117 Å². The van der Waals surface area contributed by atoms with Gasteiger partial charge in [-0.15, -0.1) is 0 Å². The molecule has 5 aliphatic rings. The summed E-state index contributed by atoms with van der Waals surface area (Å²) in [6.45, 7) is 17.9. The molecule has 4 saturated heterocycles. The molecule has 4 fully saturated rings. The van der Waals surface area contributed by atoms with Crippen molar-refractivity contribution in [2.45, 2.75) is 77.6 Å². The zero-order valence-corrected chi connectivity index (χ0v) is 42.0. The van der Waals surface area contributed by atoms with Gasteiger partial charge < -0.3 is 29.4 Å². The van der Waals surface area contributed by atoms with E-state index in [9.17, 15) is 4.79 Å². The third-order valence-corrected chi connectivity index (χ3v) is 17.6. The number of hydrogen-bond acceptors (Lipinski definition) is 10. The van der Waals surface area contributed by atoms with Gasteiger partial charge in [0.15, 0.2) is 11.6 Å². The van der Waals surface area contributed by atoms with Gasteiger partial charge in [0.25, 0.3) is 11.8 Å². The third-order valence-electron chi connectivity index (χ3n) is 17.6. The molecule has 366 valence electrons. The predicted octanol–water partition coefficient (Wildman–Crippen LogP) is 8.62. The van der Waals surface area contributed by atoms with Crippen molar-refractivity contribution in [1.29, 1.82) is 0 Å². The van der Waals surface area contributed by atoms with Crippen molar-refractivity contribution in [2.75, 3.05) is 125 Å². The smallest absolute Gasteiger partial charge is 0.261 e. The van der Waals surface area contributed by atoms with Crippen LogP contribution in [0.5, 0.6) is 0 Å². The van der Waals surface area contributed by atoms with Gasteiger partial charge in [-0.25, -0.2) is 0 Å². The van der Waals surface area contributed by atoms with E-state index in [0.29, 0.717) is 41.8 Å². The molecule has 11 heteroatoms. The lowest BCUT2D eigenvalue weighted by molar-refractivity contribution is 0.0587. The number of likely N-dealkylation sites (tertiary alicyclic amines) is 2. The number of ketones is 2. The van der Waals surface area contributed by atoms with Crippen molar-refractivity contribution in [3.05, 3.63) is 69.8 Å². The summed E-state index contributed by atoms with van der Waals surface area (Å²) in [5.74, 6) is -0.352. The molecule has 0 aromatic heterocycles. The molecule has 7 aromatic rings. The molecule has 0 atom stereocenters. The molecule has 11 nitrogen and oxygen atoms in total. The van der Waals surface area contributed by atoms with Crippen LogP contribution in [0.25, 0.3) is 64.6 Å². The summed E-state index contributed by atoms with van der Waals surface area (Å²) in [6, 6.07) is 13.1. The maximum atomic E-state index is 15.1. The van der Waals surface area contributed by atoms with E-state index >= 15 is 14.4 Å². The summed E-state index contributed by atoms with van der Waals surface area (Å²) in [7, 11) is 4.38. The third kappa shape index (κ3) is 8.13. The van der Waals surface area contributed by atoms with Crippen LogP contribution in [0.3, 0.4) is 0 Å². The number of carbonyl (C=O) groups excluding carboxylic acids is 4. The van der Waals surface area contributed by atoms with Crippen molar-refractivity contribution < 1.29 is 19.2 Å². The first-order chi connectivity index (χ1) is 34.1. The lowest BCUT2D eigenvalue weighted by Crippen LogP contribution is -2.45. The number of rotatable bonds is 16. The number of amides is 2. The molecule has 70 heavy (non-hydrogen) atoms. The summed E-state index contributed by atoms with van der Waals surface area (Å²) in [5, 5.41) is 11.8. The number of benzene rings is 7. The van der Waals surface area contributed by atoms with Crippen molar-refractivity contribution in [2.24, 2.45) is 0 Å². The molecule has 7 aromatic carbocycles. The second-order valence-corrected chi connectivity index (χ2v) is 22.1. The average Bonchev–Trinajstić information content (AvgIpc) is 3.38. The average molecular weight is 942 g/mol. The van der Waals surface area contributed by atoms with Crippen LogP contribution in [0.4, 0.5) is 0 Å². The predicted molar refractivity (Wildman–Crippen MR) is 284 cm³/mol. The normalized spacial score (nSPS) is 20.1. The van der Waals surface area contributed by atoms with Crippen LogP contribution in [-0.4, -0.2) is 183 Å². The first-order valence-corrected chi connectivity index (χ1v) is 27.1. The quantitative estimate of drug-likeness (QED) is 0.0309. The van der Waals surface area contributed by atoms with Gasteiger partial charge in [0.2, 0.25) is 0 Å².